The van der Waals surface area contributed by atoms with E-state index in [9.17, 15) is 14.9 Å². The van der Waals surface area contributed by atoms with Gasteiger partial charge in [-0.3, -0.25) is 19.6 Å². The molecule has 19 heavy (non-hydrogen) atoms. The molecule has 0 spiro atoms. The Morgan fingerprint density at radius 1 is 1.58 bits per heavy atom. The molecule has 0 saturated heterocycles. The number of hydrogen-bond acceptors (Lipinski definition) is 6. The highest BCUT2D eigenvalue weighted by atomic mass is 16.6. The molecule has 8 nitrogen and oxygen atoms in total. The van der Waals surface area contributed by atoms with Gasteiger partial charge in [0.25, 0.3) is 0 Å². The van der Waals surface area contributed by atoms with Crippen molar-refractivity contribution in [1.29, 1.82) is 0 Å². The number of aromatic nitrogens is 2. The van der Waals surface area contributed by atoms with Crippen LogP contribution in [0.15, 0.2) is 22.7 Å². The molecule has 0 aliphatic heterocycles. The van der Waals surface area contributed by atoms with E-state index >= 15 is 0 Å². The summed E-state index contributed by atoms with van der Waals surface area (Å²) in [5.41, 5.74) is 0.583. The number of hydrogen-bond donors (Lipinski definition) is 0. The fourth-order valence-corrected chi connectivity index (χ4v) is 1.57. The Kier molecular flexibility index (Phi) is 3.71. The average molecular weight is 265 g/mol. The summed E-state index contributed by atoms with van der Waals surface area (Å²) in [5, 5.41) is 14.7. The Balaban J connectivity index is 2.33. The lowest BCUT2D eigenvalue weighted by atomic mass is 10.2. The van der Waals surface area contributed by atoms with E-state index in [0.717, 1.165) is 0 Å². The summed E-state index contributed by atoms with van der Waals surface area (Å²) in [6, 6.07) is 2.63. The highest BCUT2D eigenvalue weighted by Gasteiger charge is 2.18. The second-order valence-electron chi connectivity index (χ2n) is 3.70. The lowest BCUT2D eigenvalue weighted by Crippen LogP contribution is -2.04. The van der Waals surface area contributed by atoms with E-state index in [4.69, 9.17) is 9.15 Å². The van der Waals surface area contributed by atoms with Crippen molar-refractivity contribution in [2.24, 2.45) is 0 Å². The first-order valence-corrected chi connectivity index (χ1v) is 5.42. The number of nitrogens with zero attached hydrogens (tertiary/aromatic N) is 3. The monoisotopic (exact) mass is 265 g/mol. The summed E-state index contributed by atoms with van der Waals surface area (Å²) >= 11 is 0. The molecular weight excluding hydrogens is 254 g/mol. The van der Waals surface area contributed by atoms with Gasteiger partial charge in [0.15, 0.2) is 12.0 Å². The number of nitro groups is 1. The van der Waals surface area contributed by atoms with Crippen LogP contribution in [0.4, 0.5) is 5.88 Å². The van der Waals surface area contributed by atoms with Crippen LogP contribution in [0.3, 0.4) is 0 Å². The van der Waals surface area contributed by atoms with Gasteiger partial charge in [-0.1, -0.05) is 0 Å². The molecule has 0 aliphatic carbocycles. The van der Waals surface area contributed by atoms with Gasteiger partial charge in [-0.2, -0.15) is 5.10 Å². The van der Waals surface area contributed by atoms with Crippen LogP contribution >= 0.6 is 0 Å². The van der Waals surface area contributed by atoms with Crippen LogP contribution in [0.2, 0.25) is 0 Å². The maximum absolute atomic E-state index is 11.0. The summed E-state index contributed by atoms with van der Waals surface area (Å²) in [6.45, 7) is 0.915. The molecule has 0 radical (unpaired) electrons. The van der Waals surface area contributed by atoms with Gasteiger partial charge < -0.3 is 9.15 Å². The second-order valence-corrected chi connectivity index (χ2v) is 3.70. The van der Waals surface area contributed by atoms with Crippen molar-refractivity contribution in [3.05, 3.63) is 34.0 Å². The zero-order valence-corrected chi connectivity index (χ0v) is 10.1. The third-order valence-electron chi connectivity index (χ3n) is 2.45. The number of ether oxygens (including phenoxy) is 1. The van der Waals surface area contributed by atoms with Crippen molar-refractivity contribution < 1.29 is 18.9 Å². The number of furan rings is 1. The summed E-state index contributed by atoms with van der Waals surface area (Å²) in [7, 11) is 1.56. The molecule has 0 bridgehead atoms. The van der Waals surface area contributed by atoms with E-state index in [1.54, 1.807) is 7.11 Å². The van der Waals surface area contributed by atoms with Crippen LogP contribution in [0, 0.1) is 10.1 Å². The van der Waals surface area contributed by atoms with Gasteiger partial charge >= 0.3 is 5.88 Å². The van der Waals surface area contributed by atoms with Gasteiger partial charge in [0.05, 0.1) is 24.8 Å². The Morgan fingerprint density at radius 2 is 2.37 bits per heavy atom. The third kappa shape index (κ3) is 2.68. The molecule has 2 heterocycles. The largest absolute Gasteiger partial charge is 0.433 e. The Bertz CT molecular complexity index is 601. The number of methoxy groups -OCH3 is 1. The highest BCUT2D eigenvalue weighted by molar-refractivity contribution is 5.84. The molecule has 2 aromatic heterocycles. The molecule has 0 amide bonds. The van der Waals surface area contributed by atoms with Crippen molar-refractivity contribution in [3.63, 3.8) is 0 Å². The van der Waals surface area contributed by atoms with Gasteiger partial charge in [-0.25, -0.2) is 0 Å². The van der Waals surface area contributed by atoms with Crippen LogP contribution in [0.5, 0.6) is 0 Å². The first-order valence-electron chi connectivity index (χ1n) is 5.42. The Hall–Kier alpha value is -2.48. The van der Waals surface area contributed by atoms with Crippen molar-refractivity contribution in [3.8, 4) is 11.5 Å². The molecule has 0 fully saturated rings. The fraction of sp³-hybridized carbons (Fsp3) is 0.273. The van der Waals surface area contributed by atoms with Gasteiger partial charge in [0.1, 0.15) is 10.6 Å². The molecule has 100 valence electrons. The van der Waals surface area contributed by atoms with Gasteiger partial charge in [-0.15, -0.1) is 0 Å². The number of aldehydes is 1. The van der Waals surface area contributed by atoms with E-state index in [1.165, 1.54) is 23.0 Å². The Morgan fingerprint density at radius 3 is 2.95 bits per heavy atom. The second kappa shape index (κ2) is 5.44. The maximum Gasteiger partial charge on any atom is 0.433 e. The van der Waals surface area contributed by atoms with Crippen molar-refractivity contribution >= 4 is 12.2 Å². The van der Waals surface area contributed by atoms with Crippen LogP contribution in [0.25, 0.3) is 11.5 Å². The lowest BCUT2D eigenvalue weighted by molar-refractivity contribution is -0.401. The van der Waals surface area contributed by atoms with E-state index in [2.05, 4.69) is 5.10 Å². The molecule has 8 heteroatoms. The summed E-state index contributed by atoms with van der Waals surface area (Å²) in [4.78, 5) is 20.9. The number of carbonyl (C=O) groups excluding carboxylic acids is 1. The normalized spacial score (nSPS) is 10.6. The Labute approximate surface area is 107 Å². The first-order chi connectivity index (χ1) is 9.15. The van der Waals surface area contributed by atoms with E-state index < -0.39 is 10.8 Å². The predicted molar refractivity (Wildman–Crippen MR) is 63.8 cm³/mol. The minimum atomic E-state index is -0.647. The standard InChI is InChI=1S/C11H11N3O5/c1-18-5-4-13-6-8(7-15)11(12-13)9-2-3-10(19-9)14(16)17/h2-3,6-7H,4-5H2,1H3. The molecule has 0 aromatic carbocycles. The lowest BCUT2D eigenvalue weighted by Gasteiger charge is -1.98. The first kappa shape index (κ1) is 13.0. The summed E-state index contributed by atoms with van der Waals surface area (Å²) in [6.07, 6.45) is 2.16. The zero-order chi connectivity index (χ0) is 13.8. The molecule has 0 atom stereocenters. The molecule has 0 aliphatic rings. The smallest absolute Gasteiger partial charge is 0.399 e. The number of carbonyl (C=O) groups is 1. The zero-order valence-electron chi connectivity index (χ0n) is 10.1. The predicted octanol–water partition coefficient (Wildman–Crippen LogP) is 1.51. The number of rotatable bonds is 6. The fourth-order valence-electron chi connectivity index (χ4n) is 1.57. The van der Waals surface area contributed by atoms with Crippen LogP contribution in [0.1, 0.15) is 10.4 Å². The minimum absolute atomic E-state index is 0.185. The van der Waals surface area contributed by atoms with Crippen molar-refractivity contribution in [2.45, 2.75) is 6.54 Å². The van der Waals surface area contributed by atoms with Gasteiger partial charge in [0, 0.05) is 13.3 Å². The molecule has 0 N–H and O–H groups in total. The highest BCUT2D eigenvalue weighted by Crippen LogP contribution is 2.26. The topological polar surface area (TPSA) is 100 Å². The van der Waals surface area contributed by atoms with Crippen LogP contribution in [-0.2, 0) is 11.3 Å². The molecule has 0 saturated carbocycles. The molecule has 2 rings (SSSR count). The van der Waals surface area contributed by atoms with E-state index in [-0.39, 0.29) is 11.5 Å². The molecule has 0 unspecified atom stereocenters. The summed E-state index contributed by atoms with van der Waals surface area (Å²) < 4.78 is 11.5. The quantitative estimate of drug-likeness (QED) is 0.445. The molecule has 2 aromatic rings. The average Bonchev–Trinajstić information content (AvgIpc) is 3.02. The minimum Gasteiger partial charge on any atom is -0.399 e. The maximum atomic E-state index is 11.0. The van der Waals surface area contributed by atoms with Crippen molar-refractivity contribution in [1.82, 2.24) is 9.78 Å². The van der Waals surface area contributed by atoms with Crippen LogP contribution in [-0.4, -0.2) is 34.7 Å². The molecular formula is C11H11N3O5. The van der Waals surface area contributed by atoms with E-state index in [0.29, 0.717) is 25.0 Å². The summed E-state index contributed by atoms with van der Waals surface area (Å²) in [5.74, 6) is -0.205. The van der Waals surface area contributed by atoms with Crippen molar-refractivity contribution in [2.75, 3.05) is 13.7 Å². The van der Waals surface area contributed by atoms with E-state index in [1.807, 2.05) is 0 Å². The van der Waals surface area contributed by atoms with Gasteiger partial charge in [-0.05, 0) is 6.07 Å². The third-order valence-corrected chi connectivity index (χ3v) is 2.45. The van der Waals surface area contributed by atoms with Crippen LogP contribution < -0.4 is 0 Å². The van der Waals surface area contributed by atoms with Gasteiger partial charge in [0.2, 0.25) is 0 Å². The SMILES string of the molecule is COCCn1cc(C=O)c(-c2ccc([N+](=O)[O-])o2)n1.